The molecule has 8 nitrogen and oxygen atoms in total. The van der Waals surface area contributed by atoms with Crippen molar-refractivity contribution in [1.82, 2.24) is 19.5 Å². The summed E-state index contributed by atoms with van der Waals surface area (Å²) >= 11 is 5.96. The lowest BCUT2D eigenvalue weighted by Gasteiger charge is -2.25. The Balaban J connectivity index is 1.74. The normalized spacial score (nSPS) is 33.5. The third kappa shape index (κ3) is 1.73. The Labute approximate surface area is 118 Å². The van der Waals surface area contributed by atoms with Crippen LogP contribution in [0.4, 0.5) is 0 Å². The third-order valence-electron chi connectivity index (χ3n) is 3.52. The second-order valence-electron chi connectivity index (χ2n) is 4.66. The van der Waals surface area contributed by atoms with Crippen molar-refractivity contribution < 1.29 is 19.3 Å². The summed E-state index contributed by atoms with van der Waals surface area (Å²) in [5, 5.41) is 10.6. The van der Waals surface area contributed by atoms with Crippen molar-refractivity contribution in [2.75, 3.05) is 13.4 Å². The van der Waals surface area contributed by atoms with E-state index in [1.54, 1.807) is 4.57 Å². The van der Waals surface area contributed by atoms with Gasteiger partial charge < -0.3 is 19.3 Å². The van der Waals surface area contributed by atoms with E-state index in [0.29, 0.717) is 17.8 Å². The maximum atomic E-state index is 10.4. The molecule has 1 N–H and O–H groups in total. The molecule has 0 spiro atoms. The second kappa shape index (κ2) is 4.61. The minimum atomic E-state index is -0.824. The Bertz CT molecular complexity index is 650. The lowest BCUT2D eigenvalue weighted by atomic mass is 10.1. The fourth-order valence-corrected chi connectivity index (χ4v) is 2.77. The highest BCUT2D eigenvalue weighted by molar-refractivity contribution is 6.33. The fourth-order valence-electron chi connectivity index (χ4n) is 2.59. The zero-order valence-corrected chi connectivity index (χ0v) is 11.0. The van der Waals surface area contributed by atoms with Crippen LogP contribution in [0.15, 0.2) is 12.7 Å². The lowest BCUT2D eigenvalue weighted by molar-refractivity contribution is -0.189. The Hall–Kier alpha value is -1.32. The van der Waals surface area contributed by atoms with Gasteiger partial charge in [0, 0.05) is 0 Å². The first kappa shape index (κ1) is 12.4. The summed E-state index contributed by atoms with van der Waals surface area (Å²) in [4.78, 5) is 12.2. The SMILES string of the molecule is O[C@H]1C2OCOC[C@H]2O[C@H]1n1cnc2c(Cl)ncnc21. The number of hydrogen-bond donors (Lipinski definition) is 1. The highest BCUT2D eigenvalue weighted by atomic mass is 35.5. The van der Waals surface area contributed by atoms with Crippen LogP contribution in [0.25, 0.3) is 11.2 Å². The zero-order valence-electron chi connectivity index (χ0n) is 10.2. The number of halogens is 1. The molecule has 2 saturated heterocycles. The van der Waals surface area contributed by atoms with Crippen LogP contribution in [0, 0.1) is 0 Å². The minimum Gasteiger partial charge on any atom is -0.386 e. The number of rotatable bonds is 1. The van der Waals surface area contributed by atoms with Crippen LogP contribution < -0.4 is 0 Å². The standard InChI is InChI=1S/C11H11ClN4O4/c12-9-6-10(14-2-13-9)16(3-15-6)11-7(17)8-5(20-11)1-18-4-19-8/h2-3,5,7-8,11,17H,1,4H2/t5-,7+,8?,11-/m1/s1. The van der Waals surface area contributed by atoms with E-state index in [-0.39, 0.29) is 18.1 Å². The van der Waals surface area contributed by atoms with E-state index in [1.165, 1.54) is 12.7 Å². The average Bonchev–Trinajstić information content (AvgIpc) is 3.02. The first-order valence-electron chi connectivity index (χ1n) is 6.11. The van der Waals surface area contributed by atoms with Gasteiger partial charge in [-0.2, -0.15) is 0 Å². The molecule has 2 aromatic heterocycles. The van der Waals surface area contributed by atoms with Gasteiger partial charge in [0.05, 0.1) is 12.9 Å². The molecule has 0 amide bonds. The van der Waals surface area contributed by atoms with Gasteiger partial charge in [-0.25, -0.2) is 15.0 Å². The molecule has 0 aromatic carbocycles. The van der Waals surface area contributed by atoms with E-state index in [2.05, 4.69) is 15.0 Å². The van der Waals surface area contributed by atoms with Crippen molar-refractivity contribution >= 4 is 22.8 Å². The quantitative estimate of drug-likeness (QED) is 0.747. The first-order valence-corrected chi connectivity index (χ1v) is 6.49. The van der Waals surface area contributed by atoms with Crippen LogP contribution in [0.5, 0.6) is 0 Å². The molecule has 0 radical (unpaired) electrons. The van der Waals surface area contributed by atoms with Crippen molar-refractivity contribution in [2.24, 2.45) is 0 Å². The monoisotopic (exact) mass is 298 g/mol. The topological polar surface area (TPSA) is 91.5 Å². The molecule has 20 heavy (non-hydrogen) atoms. The highest BCUT2D eigenvalue weighted by Crippen LogP contribution is 2.35. The summed E-state index contributed by atoms with van der Waals surface area (Å²) in [6, 6.07) is 0. The van der Waals surface area contributed by atoms with Crippen LogP contribution in [0.3, 0.4) is 0 Å². The Morgan fingerprint density at radius 3 is 3.10 bits per heavy atom. The van der Waals surface area contributed by atoms with Gasteiger partial charge in [-0.1, -0.05) is 11.6 Å². The van der Waals surface area contributed by atoms with Gasteiger partial charge >= 0.3 is 0 Å². The number of aliphatic hydroxyl groups is 1. The van der Waals surface area contributed by atoms with Gasteiger partial charge in [0.25, 0.3) is 0 Å². The van der Waals surface area contributed by atoms with E-state index in [4.69, 9.17) is 25.8 Å². The fraction of sp³-hybridized carbons (Fsp3) is 0.545. The summed E-state index contributed by atoms with van der Waals surface area (Å²) in [5.74, 6) is 0. The molecule has 2 aromatic rings. The molecule has 106 valence electrons. The smallest absolute Gasteiger partial charge is 0.167 e. The number of nitrogens with zero attached hydrogens (tertiary/aromatic N) is 4. The summed E-state index contributed by atoms with van der Waals surface area (Å²) in [5.41, 5.74) is 0.977. The lowest BCUT2D eigenvalue weighted by Crippen LogP contribution is -2.41. The van der Waals surface area contributed by atoms with Gasteiger partial charge in [0.1, 0.15) is 36.9 Å². The van der Waals surface area contributed by atoms with Gasteiger partial charge in [-0.3, -0.25) is 4.57 Å². The molecule has 4 heterocycles. The molecule has 4 rings (SSSR count). The molecule has 9 heteroatoms. The van der Waals surface area contributed by atoms with Crippen molar-refractivity contribution in [2.45, 2.75) is 24.5 Å². The highest BCUT2D eigenvalue weighted by Gasteiger charge is 2.47. The van der Waals surface area contributed by atoms with Crippen molar-refractivity contribution in [3.63, 3.8) is 0 Å². The van der Waals surface area contributed by atoms with E-state index in [9.17, 15) is 5.11 Å². The van der Waals surface area contributed by atoms with Gasteiger partial charge in [-0.05, 0) is 0 Å². The predicted molar refractivity (Wildman–Crippen MR) is 65.9 cm³/mol. The first-order chi connectivity index (χ1) is 9.75. The summed E-state index contributed by atoms with van der Waals surface area (Å²) in [6.07, 6.45) is 0.688. The van der Waals surface area contributed by atoms with Crippen molar-refractivity contribution in [3.8, 4) is 0 Å². The number of hydrogen-bond acceptors (Lipinski definition) is 7. The largest absolute Gasteiger partial charge is 0.386 e. The molecular weight excluding hydrogens is 288 g/mol. The molecule has 4 atom stereocenters. The maximum Gasteiger partial charge on any atom is 0.167 e. The molecular formula is C11H11ClN4O4. The van der Waals surface area contributed by atoms with Gasteiger partial charge in [-0.15, -0.1) is 0 Å². The number of ether oxygens (including phenoxy) is 3. The van der Waals surface area contributed by atoms with Crippen LogP contribution in [0.1, 0.15) is 6.23 Å². The molecule has 0 aliphatic carbocycles. The van der Waals surface area contributed by atoms with Gasteiger partial charge in [0.15, 0.2) is 17.0 Å². The minimum absolute atomic E-state index is 0.160. The van der Waals surface area contributed by atoms with Crippen LogP contribution in [0.2, 0.25) is 5.15 Å². The van der Waals surface area contributed by atoms with Crippen molar-refractivity contribution in [3.05, 3.63) is 17.8 Å². The van der Waals surface area contributed by atoms with E-state index in [1.807, 2.05) is 0 Å². The summed E-state index contributed by atoms with van der Waals surface area (Å²) < 4.78 is 18.0. The number of fused-ring (bicyclic) bond motifs is 2. The number of aliphatic hydroxyl groups excluding tert-OH is 1. The van der Waals surface area contributed by atoms with Crippen LogP contribution in [-0.4, -0.2) is 56.3 Å². The molecule has 2 fully saturated rings. The van der Waals surface area contributed by atoms with E-state index >= 15 is 0 Å². The molecule has 0 saturated carbocycles. The van der Waals surface area contributed by atoms with E-state index < -0.39 is 18.4 Å². The van der Waals surface area contributed by atoms with E-state index in [0.717, 1.165) is 0 Å². The second-order valence-corrected chi connectivity index (χ2v) is 5.02. The Kier molecular flexibility index (Phi) is 2.86. The predicted octanol–water partition coefficient (Wildman–Crippen LogP) is 0.111. The number of aromatic nitrogens is 4. The molecule has 2 aliphatic rings. The van der Waals surface area contributed by atoms with Gasteiger partial charge in [0.2, 0.25) is 0 Å². The van der Waals surface area contributed by atoms with Crippen LogP contribution in [-0.2, 0) is 14.2 Å². The molecule has 1 unspecified atom stereocenters. The Morgan fingerprint density at radius 2 is 2.25 bits per heavy atom. The Morgan fingerprint density at radius 1 is 1.35 bits per heavy atom. The number of imidazole rings is 1. The zero-order chi connectivity index (χ0) is 13.7. The van der Waals surface area contributed by atoms with Crippen LogP contribution >= 0.6 is 11.6 Å². The maximum absolute atomic E-state index is 10.4. The molecule has 2 aliphatic heterocycles. The average molecular weight is 299 g/mol. The molecule has 0 bridgehead atoms. The summed E-state index contributed by atoms with van der Waals surface area (Å²) in [6.45, 7) is 0.549. The van der Waals surface area contributed by atoms with Crippen molar-refractivity contribution in [1.29, 1.82) is 0 Å². The summed E-state index contributed by atoms with van der Waals surface area (Å²) in [7, 11) is 0. The third-order valence-corrected chi connectivity index (χ3v) is 3.80.